The first-order valence-corrected chi connectivity index (χ1v) is 3.28. The quantitative estimate of drug-likeness (QED) is 0.433. The molecular weight excluding hydrogens is 142 g/mol. The number of carbonyl (C=O) groups excluding carboxylic acids is 1. The average molecular weight is 153 g/mol. The fraction of sp³-hybridized carbons (Fsp3) is 0.286. The number of primary amides is 1. The summed E-state index contributed by atoms with van der Waals surface area (Å²) in [5.74, 6) is -0.606. The average Bonchev–Trinajstić information content (AvgIpc) is 1.95. The first-order chi connectivity index (χ1) is 5.07. The van der Waals surface area contributed by atoms with E-state index in [9.17, 15) is 4.79 Å². The first-order valence-electron chi connectivity index (χ1n) is 3.28. The molecule has 11 heavy (non-hydrogen) atoms. The van der Waals surface area contributed by atoms with Gasteiger partial charge in [0.2, 0.25) is 5.91 Å². The number of hydrogen-bond donors (Lipinski definition) is 3. The van der Waals surface area contributed by atoms with Crippen LogP contribution in [-0.4, -0.2) is 17.5 Å². The summed E-state index contributed by atoms with van der Waals surface area (Å²) in [6, 6.07) is -0.523. The maximum absolute atomic E-state index is 10.8. The number of rotatable bonds is 1. The molecule has 0 aromatic rings. The predicted octanol–water partition coefficient (Wildman–Crippen LogP) is -1.38. The van der Waals surface area contributed by atoms with Gasteiger partial charge in [-0.2, -0.15) is 0 Å². The number of hydrogen-bond acceptors (Lipinski definition) is 3. The van der Waals surface area contributed by atoms with Crippen LogP contribution in [0.5, 0.6) is 0 Å². The molecule has 1 aliphatic carbocycles. The summed E-state index contributed by atoms with van der Waals surface area (Å²) in [4.78, 5) is 10.8. The summed E-state index contributed by atoms with van der Waals surface area (Å²) in [6.07, 6.45) is 6.55. The Bertz CT molecular complexity index is 234. The van der Waals surface area contributed by atoms with Crippen LogP contribution in [0.1, 0.15) is 0 Å². The molecule has 60 valence electrons. The monoisotopic (exact) mass is 153 g/mol. The first kappa shape index (κ1) is 7.97. The van der Waals surface area contributed by atoms with Crippen LogP contribution in [0, 0.1) is 0 Å². The van der Waals surface area contributed by atoms with Crippen molar-refractivity contribution in [3.8, 4) is 0 Å². The molecule has 0 heterocycles. The van der Waals surface area contributed by atoms with Crippen LogP contribution in [0.15, 0.2) is 24.3 Å². The smallest absolute Gasteiger partial charge is 0.243 e. The van der Waals surface area contributed by atoms with Crippen molar-refractivity contribution in [2.75, 3.05) is 0 Å². The highest BCUT2D eigenvalue weighted by atomic mass is 16.1. The second-order valence-electron chi connectivity index (χ2n) is 2.57. The van der Waals surface area contributed by atoms with E-state index in [1.807, 2.05) is 0 Å². The van der Waals surface area contributed by atoms with Crippen LogP contribution >= 0.6 is 0 Å². The number of nitrogens with two attached hydrogens (primary N) is 3. The molecule has 6 N–H and O–H groups in total. The number of carbonyl (C=O) groups is 1. The minimum atomic E-state index is -1.21. The van der Waals surface area contributed by atoms with Gasteiger partial charge in [-0.3, -0.25) is 4.79 Å². The van der Waals surface area contributed by atoms with Crippen molar-refractivity contribution in [1.29, 1.82) is 0 Å². The third-order valence-electron chi connectivity index (χ3n) is 1.78. The van der Waals surface area contributed by atoms with Crippen molar-refractivity contribution in [1.82, 2.24) is 0 Å². The normalized spacial score (nSPS) is 35.6. The zero-order chi connectivity index (χ0) is 8.48. The fourth-order valence-corrected chi connectivity index (χ4v) is 0.915. The molecule has 0 fully saturated rings. The Morgan fingerprint density at radius 1 is 1.45 bits per heavy atom. The molecule has 0 bridgehead atoms. The molecule has 1 amide bonds. The molecule has 0 aliphatic heterocycles. The topological polar surface area (TPSA) is 95.1 Å². The van der Waals surface area contributed by atoms with Crippen molar-refractivity contribution >= 4 is 5.91 Å². The molecule has 0 saturated heterocycles. The third-order valence-corrected chi connectivity index (χ3v) is 1.78. The van der Waals surface area contributed by atoms with Gasteiger partial charge in [0.05, 0.1) is 6.04 Å². The molecule has 0 aromatic heterocycles. The van der Waals surface area contributed by atoms with Gasteiger partial charge in [0.1, 0.15) is 5.54 Å². The van der Waals surface area contributed by atoms with Crippen LogP contribution in [-0.2, 0) is 4.79 Å². The van der Waals surface area contributed by atoms with Gasteiger partial charge in [0.15, 0.2) is 0 Å². The standard InChI is InChI=1S/C7H11N3O/c8-5-3-1-2-4-7(5,10)6(9)11/h1-5H,8,10H2,(H2,9,11). The van der Waals surface area contributed by atoms with Crippen LogP contribution in [0.2, 0.25) is 0 Å². The summed E-state index contributed by atoms with van der Waals surface area (Å²) in [6.45, 7) is 0. The van der Waals surface area contributed by atoms with Crippen molar-refractivity contribution in [3.63, 3.8) is 0 Å². The molecule has 2 atom stereocenters. The van der Waals surface area contributed by atoms with Gasteiger partial charge in [0.25, 0.3) is 0 Å². The Morgan fingerprint density at radius 2 is 2.09 bits per heavy atom. The van der Waals surface area contributed by atoms with Gasteiger partial charge in [0, 0.05) is 0 Å². The molecule has 0 saturated carbocycles. The van der Waals surface area contributed by atoms with Crippen LogP contribution < -0.4 is 17.2 Å². The Morgan fingerprint density at radius 3 is 2.45 bits per heavy atom. The molecule has 2 unspecified atom stereocenters. The lowest BCUT2D eigenvalue weighted by Crippen LogP contribution is -2.62. The Balaban J connectivity index is 2.94. The molecule has 4 nitrogen and oxygen atoms in total. The minimum Gasteiger partial charge on any atom is -0.368 e. The highest BCUT2D eigenvalue weighted by molar-refractivity contribution is 5.88. The Labute approximate surface area is 64.7 Å². The molecule has 0 radical (unpaired) electrons. The number of amides is 1. The molecule has 0 aromatic carbocycles. The lowest BCUT2D eigenvalue weighted by atomic mass is 9.87. The number of allylic oxidation sites excluding steroid dienone is 2. The summed E-state index contributed by atoms with van der Waals surface area (Å²) < 4.78 is 0. The maximum Gasteiger partial charge on any atom is 0.243 e. The van der Waals surface area contributed by atoms with E-state index < -0.39 is 17.5 Å². The Kier molecular flexibility index (Phi) is 1.80. The van der Waals surface area contributed by atoms with E-state index in [1.165, 1.54) is 6.08 Å². The van der Waals surface area contributed by atoms with Crippen molar-refractivity contribution in [2.24, 2.45) is 17.2 Å². The summed E-state index contributed by atoms with van der Waals surface area (Å²) in [5.41, 5.74) is 15.0. The van der Waals surface area contributed by atoms with Gasteiger partial charge in [-0.25, -0.2) is 0 Å². The van der Waals surface area contributed by atoms with E-state index >= 15 is 0 Å². The minimum absolute atomic E-state index is 0.523. The van der Waals surface area contributed by atoms with Gasteiger partial charge < -0.3 is 17.2 Å². The van der Waals surface area contributed by atoms with Crippen molar-refractivity contribution < 1.29 is 4.79 Å². The zero-order valence-corrected chi connectivity index (χ0v) is 6.03. The van der Waals surface area contributed by atoms with Gasteiger partial charge >= 0.3 is 0 Å². The lowest BCUT2D eigenvalue weighted by Gasteiger charge is -2.28. The largest absolute Gasteiger partial charge is 0.368 e. The molecule has 1 rings (SSSR count). The summed E-state index contributed by atoms with van der Waals surface area (Å²) in [5, 5.41) is 0. The van der Waals surface area contributed by atoms with Gasteiger partial charge in [-0.1, -0.05) is 24.3 Å². The zero-order valence-electron chi connectivity index (χ0n) is 6.03. The van der Waals surface area contributed by atoms with E-state index in [0.29, 0.717) is 0 Å². The van der Waals surface area contributed by atoms with Gasteiger partial charge in [-0.15, -0.1) is 0 Å². The van der Waals surface area contributed by atoms with Crippen molar-refractivity contribution in [3.05, 3.63) is 24.3 Å². The van der Waals surface area contributed by atoms with E-state index in [4.69, 9.17) is 17.2 Å². The van der Waals surface area contributed by atoms with Crippen LogP contribution in [0.3, 0.4) is 0 Å². The van der Waals surface area contributed by atoms with E-state index in [2.05, 4.69) is 0 Å². The highest BCUT2D eigenvalue weighted by Gasteiger charge is 2.35. The van der Waals surface area contributed by atoms with E-state index in [1.54, 1.807) is 18.2 Å². The maximum atomic E-state index is 10.8. The molecule has 1 aliphatic rings. The van der Waals surface area contributed by atoms with Crippen molar-refractivity contribution in [2.45, 2.75) is 11.6 Å². The molecule has 4 heteroatoms. The summed E-state index contributed by atoms with van der Waals surface area (Å²) in [7, 11) is 0. The summed E-state index contributed by atoms with van der Waals surface area (Å²) >= 11 is 0. The molecule has 0 spiro atoms. The second kappa shape index (κ2) is 2.48. The van der Waals surface area contributed by atoms with Crippen LogP contribution in [0.25, 0.3) is 0 Å². The SMILES string of the molecule is NC(=O)C1(N)C=CC=CC1N. The molecular formula is C7H11N3O. The van der Waals surface area contributed by atoms with Crippen LogP contribution in [0.4, 0.5) is 0 Å². The van der Waals surface area contributed by atoms with E-state index in [0.717, 1.165) is 0 Å². The van der Waals surface area contributed by atoms with E-state index in [-0.39, 0.29) is 0 Å². The predicted molar refractivity (Wildman–Crippen MR) is 42.4 cm³/mol. The highest BCUT2D eigenvalue weighted by Crippen LogP contribution is 2.12. The third kappa shape index (κ3) is 1.18. The lowest BCUT2D eigenvalue weighted by molar-refractivity contribution is -0.121. The Hall–Kier alpha value is -1.13. The van der Waals surface area contributed by atoms with Gasteiger partial charge in [-0.05, 0) is 0 Å². The fourth-order valence-electron chi connectivity index (χ4n) is 0.915. The second-order valence-corrected chi connectivity index (χ2v) is 2.57.